The van der Waals surface area contributed by atoms with Gasteiger partial charge >= 0.3 is 0 Å². The second-order valence-electron chi connectivity index (χ2n) is 6.74. The van der Waals surface area contributed by atoms with Crippen LogP contribution in [0, 0.1) is 0 Å². The Morgan fingerprint density at radius 3 is 2.59 bits per heavy atom. The van der Waals surface area contributed by atoms with Crippen molar-refractivity contribution in [2.45, 2.75) is 13.0 Å². The number of guanidine groups is 1. The molecule has 0 aromatic carbocycles. The molecule has 0 saturated carbocycles. The van der Waals surface area contributed by atoms with Crippen LogP contribution < -0.4 is 15.5 Å². The van der Waals surface area contributed by atoms with Gasteiger partial charge in [0.1, 0.15) is 5.82 Å². The molecule has 144 valence electrons. The fourth-order valence-corrected chi connectivity index (χ4v) is 3.01. The highest BCUT2D eigenvalue weighted by Gasteiger charge is 2.14. The highest BCUT2D eigenvalue weighted by atomic mass is 15.3. The molecular weight excluding hydrogens is 338 g/mol. The molecule has 3 rings (SSSR count). The minimum absolute atomic E-state index is 0.694. The molecule has 1 saturated heterocycles. The molecule has 7 nitrogen and oxygen atoms in total. The first-order valence-corrected chi connectivity index (χ1v) is 9.47. The smallest absolute Gasteiger partial charge is 0.191 e. The van der Waals surface area contributed by atoms with Gasteiger partial charge < -0.3 is 20.4 Å². The molecule has 1 aliphatic heterocycles. The molecule has 0 amide bonds. The highest BCUT2D eigenvalue weighted by molar-refractivity contribution is 5.79. The molecule has 7 heteroatoms. The SMILES string of the molecule is CN=C(NCCc1ccccn1)NCc1ccc(N2CCN(C)CC2)nc1. The zero-order valence-electron chi connectivity index (χ0n) is 16.2. The second-order valence-corrected chi connectivity index (χ2v) is 6.74. The van der Waals surface area contributed by atoms with E-state index >= 15 is 0 Å². The lowest BCUT2D eigenvalue weighted by Gasteiger charge is -2.33. The van der Waals surface area contributed by atoms with Gasteiger partial charge in [-0.3, -0.25) is 9.98 Å². The Kier molecular flexibility index (Phi) is 6.98. The van der Waals surface area contributed by atoms with Crippen molar-refractivity contribution in [1.29, 1.82) is 0 Å². The molecule has 0 radical (unpaired) electrons. The van der Waals surface area contributed by atoms with Crippen molar-refractivity contribution in [3.05, 3.63) is 54.0 Å². The van der Waals surface area contributed by atoms with E-state index in [0.29, 0.717) is 6.54 Å². The normalized spacial score (nSPS) is 15.6. The van der Waals surface area contributed by atoms with Gasteiger partial charge in [0, 0.05) is 70.8 Å². The summed E-state index contributed by atoms with van der Waals surface area (Å²) in [5, 5.41) is 6.66. The molecule has 1 aliphatic rings. The van der Waals surface area contributed by atoms with Crippen LogP contribution in [0.1, 0.15) is 11.3 Å². The summed E-state index contributed by atoms with van der Waals surface area (Å²) in [4.78, 5) is 17.9. The number of aromatic nitrogens is 2. The molecule has 2 aromatic heterocycles. The summed E-state index contributed by atoms with van der Waals surface area (Å²) in [5.74, 6) is 1.85. The third-order valence-corrected chi connectivity index (χ3v) is 4.72. The summed E-state index contributed by atoms with van der Waals surface area (Å²) in [6.45, 7) is 5.73. The van der Waals surface area contributed by atoms with Gasteiger partial charge in [0.2, 0.25) is 0 Å². The number of nitrogens with zero attached hydrogens (tertiary/aromatic N) is 5. The summed E-state index contributed by atoms with van der Waals surface area (Å²) < 4.78 is 0. The van der Waals surface area contributed by atoms with Crippen molar-refractivity contribution in [1.82, 2.24) is 25.5 Å². The monoisotopic (exact) mass is 367 g/mol. The molecule has 27 heavy (non-hydrogen) atoms. The number of anilines is 1. The Morgan fingerprint density at radius 1 is 1.07 bits per heavy atom. The average molecular weight is 368 g/mol. The fraction of sp³-hybridized carbons (Fsp3) is 0.450. The van der Waals surface area contributed by atoms with Crippen LogP contribution in [0.25, 0.3) is 0 Å². The second kappa shape index (κ2) is 9.87. The first-order chi connectivity index (χ1) is 13.2. The van der Waals surface area contributed by atoms with Gasteiger partial charge in [0.15, 0.2) is 5.96 Å². The highest BCUT2D eigenvalue weighted by Crippen LogP contribution is 2.13. The van der Waals surface area contributed by atoms with Crippen molar-refractivity contribution in [2.75, 3.05) is 51.7 Å². The van der Waals surface area contributed by atoms with Crippen LogP contribution >= 0.6 is 0 Å². The predicted molar refractivity (Wildman–Crippen MR) is 110 cm³/mol. The topological polar surface area (TPSA) is 68.7 Å². The number of aliphatic imine (C=N–C) groups is 1. The quantitative estimate of drug-likeness (QED) is 0.589. The first kappa shape index (κ1) is 19.1. The number of hydrogen-bond acceptors (Lipinski definition) is 5. The van der Waals surface area contributed by atoms with Crippen LogP contribution in [0.3, 0.4) is 0 Å². The zero-order valence-corrected chi connectivity index (χ0v) is 16.2. The van der Waals surface area contributed by atoms with Crippen LogP contribution in [0.5, 0.6) is 0 Å². The molecule has 0 unspecified atom stereocenters. The van der Waals surface area contributed by atoms with Gasteiger partial charge in [-0.1, -0.05) is 12.1 Å². The summed E-state index contributed by atoms with van der Waals surface area (Å²) in [6, 6.07) is 10.2. The van der Waals surface area contributed by atoms with E-state index in [2.05, 4.69) is 54.6 Å². The number of piperazine rings is 1. The van der Waals surface area contributed by atoms with E-state index in [0.717, 1.165) is 62.2 Å². The summed E-state index contributed by atoms with van der Waals surface area (Å²) >= 11 is 0. The van der Waals surface area contributed by atoms with Crippen LogP contribution in [-0.2, 0) is 13.0 Å². The van der Waals surface area contributed by atoms with Crippen LogP contribution in [0.15, 0.2) is 47.7 Å². The maximum atomic E-state index is 4.63. The maximum absolute atomic E-state index is 4.63. The van der Waals surface area contributed by atoms with Gasteiger partial charge in [0.25, 0.3) is 0 Å². The first-order valence-electron chi connectivity index (χ1n) is 9.47. The Morgan fingerprint density at radius 2 is 1.93 bits per heavy atom. The lowest BCUT2D eigenvalue weighted by Crippen LogP contribution is -2.44. The van der Waals surface area contributed by atoms with Crippen molar-refractivity contribution >= 4 is 11.8 Å². The standard InChI is InChI=1S/C20H29N7/c1-21-20(23-10-8-18-5-3-4-9-22-18)25-16-17-6-7-19(24-15-17)27-13-11-26(2)12-14-27/h3-7,9,15H,8,10-14,16H2,1-2H3,(H2,21,23,25). The Bertz CT molecular complexity index is 707. The van der Waals surface area contributed by atoms with E-state index in [-0.39, 0.29) is 0 Å². The van der Waals surface area contributed by atoms with E-state index in [9.17, 15) is 0 Å². The van der Waals surface area contributed by atoms with Gasteiger partial charge in [0.05, 0.1) is 0 Å². The van der Waals surface area contributed by atoms with Crippen LogP contribution in [0.2, 0.25) is 0 Å². The number of rotatable bonds is 6. The minimum atomic E-state index is 0.694. The third-order valence-electron chi connectivity index (χ3n) is 4.72. The molecular formula is C20H29N7. The zero-order chi connectivity index (χ0) is 18.9. The largest absolute Gasteiger partial charge is 0.356 e. The summed E-state index contributed by atoms with van der Waals surface area (Å²) in [5.41, 5.74) is 2.21. The molecule has 3 heterocycles. The van der Waals surface area contributed by atoms with E-state index < -0.39 is 0 Å². The fourth-order valence-electron chi connectivity index (χ4n) is 3.01. The number of nitrogens with one attached hydrogen (secondary N) is 2. The van der Waals surface area contributed by atoms with E-state index in [4.69, 9.17) is 0 Å². The van der Waals surface area contributed by atoms with E-state index in [1.807, 2.05) is 30.6 Å². The van der Waals surface area contributed by atoms with Gasteiger partial charge in [-0.05, 0) is 30.8 Å². The minimum Gasteiger partial charge on any atom is -0.356 e. The van der Waals surface area contributed by atoms with Crippen molar-refractivity contribution in [3.63, 3.8) is 0 Å². The molecule has 0 aliphatic carbocycles. The van der Waals surface area contributed by atoms with E-state index in [1.165, 1.54) is 0 Å². The number of likely N-dealkylation sites (N-methyl/N-ethyl adjacent to an activating group) is 1. The Hall–Kier alpha value is -2.67. The molecule has 2 N–H and O–H groups in total. The van der Waals surface area contributed by atoms with Crippen molar-refractivity contribution in [3.8, 4) is 0 Å². The average Bonchev–Trinajstić information content (AvgIpc) is 2.72. The third kappa shape index (κ3) is 5.92. The van der Waals surface area contributed by atoms with Gasteiger partial charge in [-0.25, -0.2) is 4.98 Å². The van der Waals surface area contributed by atoms with Gasteiger partial charge in [-0.2, -0.15) is 0 Å². The van der Waals surface area contributed by atoms with Crippen molar-refractivity contribution < 1.29 is 0 Å². The Labute approximate surface area is 161 Å². The van der Waals surface area contributed by atoms with Crippen LogP contribution in [0.4, 0.5) is 5.82 Å². The maximum Gasteiger partial charge on any atom is 0.191 e. The van der Waals surface area contributed by atoms with Crippen LogP contribution in [-0.4, -0.2) is 67.6 Å². The lowest BCUT2D eigenvalue weighted by molar-refractivity contribution is 0.312. The predicted octanol–water partition coefficient (Wildman–Crippen LogP) is 1.14. The Balaban J connectivity index is 1.42. The van der Waals surface area contributed by atoms with E-state index in [1.54, 1.807) is 7.05 Å². The van der Waals surface area contributed by atoms with Crippen molar-refractivity contribution in [2.24, 2.45) is 4.99 Å². The summed E-state index contributed by atoms with van der Waals surface area (Å²) in [7, 11) is 3.95. The van der Waals surface area contributed by atoms with Gasteiger partial charge in [-0.15, -0.1) is 0 Å². The number of hydrogen-bond donors (Lipinski definition) is 2. The lowest BCUT2D eigenvalue weighted by atomic mass is 10.2. The summed E-state index contributed by atoms with van der Waals surface area (Å²) in [6.07, 6.45) is 4.63. The number of pyridine rings is 2. The molecule has 0 atom stereocenters. The molecule has 0 bridgehead atoms. The molecule has 0 spiro atoms. The molecule has 1 fully saturated rings. The molecule has 2 aromatic rings.